The van der Waals surface area contributed by atoms with Crippen LogP contribution in [-0.4, -0.2) is 67.7 Å². The quantitative estimate of drug-likeness (QED) is 0.261. The third kappa shape index (κ3) is 7.32. The second-order valence-corrected chi connectivity index (χ2v) is 4.59. The maximum atomic E-state index is 11.5. The highest BCUT2D eigenvalue weighted by molar-refractivity contribution is 6.13. The number of aldehydes is 1. The molecular formula is C14H19N3O6. The van der Waals surface area contributed by atoms with Crippen LogP contribution in [0.25, 0.3) is 0 Å². The molecule has 0 unspecified atom stereocenters. The van der Waals surface area contributed by atoms with E-state index in [2.05, 4.69) is 10.6 Å². The van der Waals surface area contributed by atoms with Gasteiger partial charge in [0.2, 0.25) is 11.8 Å². The highest BCUT2D eigenvalue weighted by atomic mass is 16.5. The Balaban J connectivity index is 2.00. The Morgan fingerprint density at radius 1 is 1.04 bits per heavy atom. The van der Waals surface area contributed by atoms with Gasteiger partial charge in [-0.15, -0.1) is 0 Å². The van der Waals surface area contributed by atoms with E-state index >= 15 is 0 Å². The summed E-state index contributed by atoms with van der Waals surface area (Å²) in [5.74, 6) is -1.42. The summed E-state index contributed by atoms with van der Waals surface area (Å²) >= 11 is 0. The topological polar surface area (TPSA) is 122 Å². The Labute approximate surface area is 133 Å². The number of hydrogen-bond acceptors (Lipinski definition) is 6. The molecule has 0 saturated heterocycles. The molecule has 4 amide bonds. The van der Waals surface area contributed by atoms with E-state index in [1.165, 1.54) is 12.2 Å². The minimum Gasteiger partial charge on any atom is -0.379 e. The predicted molar refractivity (Wildman–Crippen MR) is 78.0 cm³/mol. The molecule has 0 fully saturated rings. The van der Waals surface area contributed by atoms with E-state index in [9.17, 15) is 24.0 Å². The first kappa shape index (κ1) is 18.5. The Kier molecular flexibility index (Phi) is 8.22. The molecule has 1 aliphatic heterocycles. The van der Waals surface area contributed by atoms with E-state index in [1.807, 2.05) is 0 Å². The van der Waals surface area contributed by atoms with Gasteiger partial charge < -0.3 is 20.2 Å². The Bertz CT molecular complexity index is 485. The lowest BCUT2D eigenvalue weighted by atomic mass is 10.3. The number of imide groups is 1. The van der Waals surface area contributed by atoms with Crippen molar-refractivity contribution in [2.75, 3.05) is 32.8 Å². The molecule has 1 heterocycles. The van der Waals surface area contributed by atoms with Crippen molar-refractivity contribution in [2.24, 2.45) is 0 Å². The van der Waals surface area contributed by atoms with Gasteiger partial charge in [-0.25, -0.2) is 0 Å². The van der Waals surface area contributed by atoms with Crippen molar-refractivity contribution in [3.63, 3.8) is 0 Å². The van der Waals surface area contributed by atoms with Gasteiger partial charge in [0.25, 0.3) is 11.8 Å². The fraction of sp³-hybridized carbons (Fsp3) is 0.500. The lowest BCUT2D eigenvalue weighted by molar-refractivity contribution is -0.137. The average Bonchev–Trinajstić information content (AvgIpc) is 2.85. The van der Waals surface area contributed by atoms with E-state index in [4.69, 9.17) is 4.74 Å². The highest BCUT2D eigenvalue weighted by Crippen LogP contribution is 2.03. The average molecular weight is 325 g/mol. The zero-order chi connectivity index (χ0) is 17.1. The Morgan fingerprint density at radius 2 is 1.70 bits per heavy atom. The molecule has 0 spiro atoms. The van der Waals surface area contributed by atoms with Crippen molar-refractivity contribution in [3.8, 4) is 0 Å². The number of ether oxygens (including phenoxy) is 1. The largest absolute Gasteiger partial charge is 0.379 e. The van der Waals surface area contributed by atoms with E-state index < -0.39 is 11.8 Å². The number of nitrogens with one attached hydrogen (secondary N) is 2. The van der Waals surface area contributed by atoms with Crippen LogP contribution in [0.2, 0.25) is 0 Å². The lowest BCUT2D eigenvalue weighted by Crippen LogP contribution is -2.35. The van der Waals surface area contributed by atoms with Crippen LogP contribution in [0.15, 0.2) is 12.2 Å². The van der Waals surface area contributed by atoms with Crippen molar-refractivity contribution in [1.82, 2.24) is 15.5 Å². The molecule has 2 N–H and O–H groups in total. The molecule has 0 aromatic carbocycles. The number of hydrogen-bond donors (Lipinski definition) is 2. The Morgan fingerprint density at radius 3 is 2.35 bits per heavy atom. The van der Waals surface area contributed by atoms with Crippen LogP contribution in [0.3, 0.4) is 0 Å². The summed E-state index contributed by atoms with van der Waals surface area (Å²) in [7, 11) is 0. The van der Waals surface area contributed by atoms with Gasteiger partial charge in [0.15, 0.2) is 0 Å². The summed E-state index contributed by atoms with van der Waals surface area (Å²) in [4.78, 5) is 56.2. The predicted octanol–water partition coefficient (Wildman–Crippen LogP) is -1.86. The minimum atomic E-state index is -0.418. The zero-order valence-corrected chi connectivity index (χ0v) is 12.6. The van der Waals surface area contributed by atoms with Crippen molar-refractivity contribution >= 4 is 29.9 Å². The van der Waals surface area contributed by atoms with Crippen molar-refractivity contribution < 1.29 is 28.7 Å². The molecule has 1 rings (SSSR count). The molecule has 0 atom stereocenters. The van der Waals surface area contributed by atoms with Crippen LogP contribution in [0.4, 0.5) is 0 Å². The van der Waals surface area contributed by atoms with Crippen LogP contribution in [0.1, 0.15) is 12.8 Å². The molecule has 0 aromatic heterocycles. The lowest BCUT2D eigenvalue weighted by Gasteiger charge is -2.13. The van der Waals surface area contributed by atoms with E-state index in [1.54, 1.807) is 0 Å². The fourth-order valence-corrected chi connectivity index (χ4v) is 1.73. The fourth-order valence-electron chi connectivity index (χ4n) is 1.73. The Hall–Kier alpha value is -2.55. The molecule has 0 aliphatic carbocycles. The van der Waals surface area contributed by atoms with Crippen molar-refractivity contribution in [3.05, 3.63) is 12.2 Å². The highest BCUT2D eigenvalue weighted by Gasteiger charge is 2.23. The van der Waals surface area contributed by atoms with Crippen molar-refractivity contribution in [2.45, 2.75) is 12.8 Å². The monoisotopic (exact) mass is 325 g/mol. The summed E-state index contributed by atoms with van der Waals surface area (Å²) in [6.07, 6.45) is 3.08. The molecular weight excluding hydrogens is 306 g/mol. The summed E-state index contributed by atoms with van der Waals surface area (Å²) in [5.41, 5.74) is 0. The summed E-state index contributed by atoms with van der Waals surface area (Å²) in [6, 6.07) is 0. The van der Waals surface area contributed by atoms with Gasteiger partial charge >= 0.3 is 0 Å². The number of nitrogens with zero attached hydrogens (tertiary/aromatic N) is 1. The molecule has 0 saturated carbocycles. The third-order valence-electron chi connectivity index (χ3n) is 2.89. The van der Waals surface area contributed by atoms with Gasteiger partial charge in [-0.2, -0.15) is 0 Å². The normalized spacial score (nSPS) is 13.3. The number of carbonyl (C=O) groups is 5. The minimum absolute atomic E-state index is 0.0211. The molecule has 9 nitrogen and oxygen atoms in total. The SMILES string of the molecule is O=CCNC(=O)CCOCCNC(=O)CCN1C(=O)C=CC1=O. The molecule has 9 heteroatoms. The van der Waals surface area contributed by atoms with Crippen LogP contribution in [0, 0.1) is 0 Å². The first-order valence-electron chi connectivity index (χ1n) is 7.13. The number of amides is 4. The van der Waals surface area contributed by atoms with Crippen LogP contribution >= 0.6 is 0 Å². The first-order valence-corrected chi connectivity index (χ1v) is 7.13. The smallest absolute Gasteiger partial charge is 0.253 e. The van der Waals surface area contributed by atoms with Crippen LogP contribution in [-0.2, 0) is 28.7 Å². The maximum Gasteiger partial charge on any atom is 0.253 e. The van der Waals surface area contributed by atoms with Gasteiger partial charge in [0.05, 0.1) is 19.8 Å². The molecule has 126 valence electrons. The van der Waals surface area contributed by atoms with Gasteiger partial charge in [0, 0.05) is 38.1 Å². The standard InChI is InChI=1S/C14H19N3O6/c18-8-5-15-12(20)4-9-23-10-6-16-11(19)3-7-17-13(21)1-2-14(17)22/h1-2,8H,3-7,9-10H2,(H,15,20)(H,16,19). The van der Waals surface area contributed by atoms with Gasteiger partial charge in [-0.1, -0.05) is 0 Å². The summed E-state index contributed by atoms with van der Waals surface area (Å²) in [6.45, 7) is 0.689. The van der Waals surface area contributed by atoms with E-state index in [0.717, 1.165) is 4.90 Å². The summed E-state index contributed by atoms with van der Waals surface area (Å²) < 4.78 is 5.15. The molecule has 0 aromatic rings. The summed E-state index contributed by atoms with van der Waals surface area (Å²) in [5, 5.41) is 4.95. The van der Waals surface area contributed by atoms with E-state index in [-0.39, 0.29) is 57.5 Å². The number of rotatable bonds is 11. The van der Waals surface area contributed by atoms with Gasteiger partial charge in [-0.05, 0) is 0 Å². The first-order chi connectivity index (χ1) is 11.0. The molecule has 1 aliphatic rings. The second kappa shape index (κ2) is 10.2. The van der Waals surface area contributed by atoms with Crippen molar-refractivity contribution in [1.29, 1.82) is 0 Å². The van der Waals surface area contributed by atoms with E-state index in [0.29, 0.717) is 6.29 Å². The molecule has 0 radical (unpaired) electrons. The van der Waals surface area contributed by atoms with Crippen LogP contribution in [0.5, 0.6) is 0 Å². The van der Waals surface area contributed by atoms with Gasteiger partial charge in [-0.3, -0.25) is 24.1 Å². The second-order valence-electron chi connectivity index (χ2n) is 4.59. The number of carbonyl (C=O) groups excluding carboxylic acids is 5. The maximum absolute atomic E-state index is 11.5. The zero-order valence-electron chi connectivity index (χ0n) is 12.6. The van der Waals surface area contributed by atoms with Crippen LogP contribution < -0.4 is 10.6 Å². The van der Waals surface area contributed by atoms with Gasteiger partial charge in [0.1, 0.15) is 6.29 Å². The molecule has 0 bridgehead atoms. The molecule has 23 heavy (non-hydrogen) atoms. The third-order valence-corrected chi connectivity index (χ3v) is 2.89.